The van der Waals surface area contributed by atoms with Crippen LogP contribution >= 0.6 is 0 Å². The predicted octanol–water partition coefficient (Wildman–Crippen LogP) is 3.09. The number of carbonyl (C=O) groups is 3. The Labute approximate surface area is 761 Å². The molecule has 42 nitrogen and oxygen atoms in total. The van der Waals surface area contributed by atoms with E-state index in [-0.39, 0.29) is 139 Å². The molecule has 0 spiro atoms. The normalized spacial score (nSPS) is 21.8. The van der Waals surface area contributed by atoms with Gasteiger partial charge < -0.3 is 193 Å². The van der Waals surface area contributed by atoms with Gasteiger partial charge in [0, 0.05) is 52.3 Å². The van der Waals surface area contributed by atoms with E-state index in [0.29, 0.717) is 108 Å². The van der Waals surface area contributed by atoms with Crippen molar-refractivity contribution in [3.05, 3.63) is 180 Å². The zero-order chi connectivity index (χ0) is 93.4. The fraction of sp³-hybridized carbons (Fsp3) is 0.500. The number of aliphatic hydroxyl groups excluding tert-OH is 12. The van der Waals surface area contributed by atoms with Crippen LogP contribution in [0, 0.1) is 0 Å². The smallest absolute Gasteiger partial charge is 0.323 e. The van der Waals surface area contributed by atoms with Crippen molar-refractivity contribution in [3.8, 4) is 34.5 Å². The quantitative estimate of drug-likeness (QED) is 0.0244. The number of rotatable bonds is 60. The lowest BCUT2D eigenvalue weighted by Gasteiger charge is -2.39. The van der Waals surface area contributed by atoms with E-state index in [0.717, 1.165) is 16.7 Å². The number of benzene rings is 7. The molecule has 0 bridgehead atoms. The van der Waals surface area contributed by atoms with Crippen molar-refractivity contribution in [2.45, 2.75) is 112 Å². The second kappa shape index (κ2) is 58.3. The van der Waals surface area contributed by atoms with Gasteiger partial charge in [-0.2, -0.15) is 0 Å². The standard InChI is InChI=1S/C90H120N6O36/c97-52-73-76(100)79(103)82(106)85(130-73)124-43-37-118-31-25-112-22-28-115-34-40-121-67-16-10-61(11-17-67)91-88(109)94-64-4-1-7-70(49-64)127-55-58-46-59(56-128-71-8-2-5-65(50-71)95-89(110)92-62-12-18-68(19-13-62)122-41-35-116-29-23-113-26-32-119-38-44-125-86-83(107)80(104)77(101)74(53-98)131-86)48-60(47-58)57-129-72-9-3-6-66(51-72)96-90(111)93-63-14-20-69(21-15-63)123-42-36-117-30-24-114-27-33-120-39-45-126-87-84(108)81(105)78(102)75(54-99)132-87/h1-21,46-51,73-87,97-108H,22-45,52-57H2,(H2,91,94,109)(H2,92,95,110)(H2,93,96,111)/t73-,74-,75-,76-,77-,78-,79+,80+,81+,82-,83-,84-,85-,86-,87-/m1/s1. The minimum atomic E-state index is -1.53. The first-order chi connectivity index (χ1) is 64.3. The van der Waals surface area contributed by atoms with E-state index in [4.69, 9.17) is 99.5 Å². The van der Waals surface area contributed by atoms with Crippen molar-refractivity contribution in [1.29, 1.82) is 0 Å². The number of anilines is 6. The van der Waals surface area contributed by atoms with Crippen molar-refractivity contribution >= 4 is 52.2 Å². The van der Waals surface area contributed by atoms with Gasteiger partial charge in [-0.1, -0.05) is 18.2 Å². The first kappa shape index (κ1) is 104. The number of hydrogen-bond acceptors (Lipinski definition) is 36. The van der Waals surface area contributed by atoms with Crippen LogP contribution in [0.15, 0.2) is 164 Å². The lowest BCUT2D eigenvalue weighted by molar-refractivity contribution is -0.302. The van der Waals surface area contributed by atoms with Crippen LogP contribution in [0.3, 0.4) is 0 Å². The van der Waals surface area contributed by atoms with Crippen LogP contribution < -0.4 is 60.3 Å². The first-order valence-corrected chi connectivity index (χ1v) is 43.0. The maximum atomic E-state index is 13.3. The van der Waals surface area contributed by atoms with Gasteiger partial charge in [-0.15, -0.1) is 0 Å². The molecule has 3 fully saturated rings. The zero-order valence-corrected chi connectivity index (χ0v) is 72.6. The summed E-state index contributed by atoms with van der Waals surface area (Å²) in [7, 11) is 0. The van der Waals surface area contributed by atoms with E-state index in [1.165, 1.54) is 0 Å². The highest BCUT2D eigenvalue weighted by Crippen LogP contribution is 2.30. The highest BCUT2D eigenvalue weighted by atomic mass is 16.7. The van der Waals surface area contributed by atoms with Gasteiger partial charge in [-0.3, -0.25) is 0 Å². The number of urea groups is 3. The van der Waals surface area contributed by atoms with Crippen LogP contribution in [-0.2, 0) is 90.9 Å². The van der Waals surface area contributed by atoms with Gasteiger partial charge in [0.2, 0.25) is 0 Å². The molecule has 7 aromatic rings. The summed E-state index contributed by atoms with van der Waals surface area (Å²) in [5.41, 5.74) is 5.13. The third kappa shape index (κ3) is 36.8. The number of nitrogens with one attached hydrogen (secondary N) is 6. The van der Waals surface area contributed by atoms with Gasteiger partial charge in [0.25, 0.3) is 0 Å². The van der Waals surface area contributed by atoms with E-state index in [1.54, 1.807) is 146 Å². The van der Waals surface area contributed by atoms with Gasteiger partial charge in [0.05, 0.1) is 159 Å². The summed E-state index contributed by atoms with van der Waals surface area (Å²) in [5, 5.41) is 135. The summed E-state index contributed by atoms with van der Waals surface area (Å²) in [6, 6.07) is 45.5. The molecule has 0 saturated carbocycles. The van der Waals surface area contributed by atoms with E-state index in [9.17, 15) is 75.7 Å². The molecular weight excluding hydrogens is 1740 g/mol. The molecule has 0 unspecified atom stereocenters. The predicted molar refractivity (Wildman–Crippen MR) is 469 cm³/mol. The van der Waals surface area contributed by atoms with Crippen LogP contribution in [0.25, 0.3) is 0 Å². The Kier molecular flexibility index (Phi) is 46.0. The van der Waals surface area contributed by atoms with Crippen molar-refractivity contribution in [2.24, 2.45) is 0 Å². The molecular formula is C90H120N6O36. The topological polar surface area (TPSA) is 560 Å². The van der Waals surface area contributed by atoms with E-state index in [1.807, 2.05) is 18.2 Å². The Morgan fingerprint density at radius 1 is 0.235 bits per heavy atom. The average Bonchev–Trinajstić information content (AvgIpc) is 0.820. The second-order valence-electron chi connectivity index (χ2n) is 29.7. The van der Waals surface area contributed by atoms with Crippen LogP contribution in [0.4, 0.5) is 48.5 Å². The lowest BCUT2D eigenvalue weighted by Crippen LogP contribution is -2.59. The van der Waals surface area contributed by atoms with E-state index < -0.39 is 130 Å². The molecule has 6 amide bonds. The van der Waals surface area contributed by atoms with Crippen LogP contribution in [0.1, 0.15) is 16.7 Å². The Morgan fingerprint density at radius 3 is 0.689 bits per heavy atom. The number of ether oxygens (including phenoxy) is 21. The molecule has 0 aromatic heterocycles. The maximum absolute atomic E-state index is 13.3. The third-order valence-corrected chi connectivity index (χ3v) is 19.7. The van der Waals surface area contributed by atoms with Crippen molar-refractivity contribution < 1.29 is 175 Å². The van der Waals surface area contributed by atoms with Gasteiger partial charge >= 0.3 is 18.1 Å². The summed E-state index contributed by atoms with van der Waals surface area (Å²) < 4.78 is 118. The summed E-state index contributed by atoms with van der Waals surface area (Å²) in [6.45, 7) is 4.20. The Morgan fingerprint density at radius 2 is 0.455 bits per heavy atom. The Balaban J connectivity index is 0.633. The molecule has 42 heteroatoms. The molecule has 7 aromatic carbocycles. The molecule has 726 valence electrons. The Hall–Kier alpha value is -9.93. The second-order valence-corrected chi connectivity index (χ2v) is 29.7. The number of carbonyl (C=O) groups excluding carboxylic acids is 3. The monoisotopic (exact) mass is 1860 g/mol. The van der Waals surface area contributed by atoms with Gasteiger partial charge in [0.1, 0.15) is 147 Å². The molecule has 10 rings (SSSR count). The molecule has 3 aliphatic rings. The van der Waals surface area contributed by atoms with E-state index >= 15 is 0 Å². The summed E-state index contributed by atoms with van der Waals surface area (Å²) in [5.74, 6) is 3.04. The molecule has 3 saturated heterocycles. The minimum absolute atomic E-state index is 0.0247. The highest BCUT2D eigenvalue weighted by Gasteiger charge is 2.46. The van der Waals surface area contributed by atoms with Gasteiger partial charge in [0.15, 0.2) is 18.9 Å². The maximum Gasteiger partial charge on any atom is 0.323 e. The Bertz CT molecular complexity index is 3970. The highest BCUT2D eigenvalue weighted by molar-refractivity contribution is 6.01. The minimum Gasteiger partial charge on any atom is -0.491 e. The fourth-order valence-corrected chi connectivity index (χ4v) is 12.9. The SMILES string of the molecule is O=C(Nc1ccc(OCCOCCOCCOCCO[C@@H]2O[C@H](CO)[C@@H](O)[C@H](O)[C@H]2O)cc1)Nc1cccc(OCc2cc(COc3cccc(NC(=O)Nc4ccc(OCCOCCOCCOCCO[C@@H]5O[C@H](CO)[C@@H](O)[C@H](O)[C@H]5O)cc4)c3)cc(COc3cccc(NC(=O)Nc4ccc(OCCOCCOCCOCCO[C@@H]5O[C@H](CO)[C@@H](O)[C@H](O)[C@H]5O)cc4)c3)c2)c1. The van der Waals surface area contributed by atoms with Crippen molar-refractivity contribution in [1.82, 2.24) is 0 Å². The molecule has 18 N–H and O–H groups in total. The van der Waals surface area contributed by atoms with Crippen LogP contribution in [0.5, 0.6) is 34.5 Å². The molecule has 3 heterocycles. The van der Waals surface area contributed by atoms with Crippen molar-refractivity contribution in [3.63, 3.8) is 0 Å². The number of aliphatic hydroxyl groups is 12. The largest absolute Gasteiger partial charge is 0.491 e. The molecule has 0 aliphatic carbocycles. The summed E-state index contributed by atoms with van der Waals surface area (Å²) in [4.78, 5) is 39.9. The third-order valence-electron chi connectivity index (χ3n) is 19.7. The zero-order valence-electron chi connectivity index (χ0n) is 72.6. The summed E-state index contributed by atoms with van der Waals surface area (Å²) >= 11 is 0. The van der Waals surface area contributed by atoms with Crippen LogP contribution in [0.2, 0.25) is 0 Å². The molecule has 15 atom stereocenters. The van der Waals surface area contributed by atoms with Gasteiger partial charge in [-0.25, -0.2) is 14.4 Å². The lowest BCUT2D eigenvalue weighted by atomic mass is 9.99. The molecule has 3 aliphatic heterocycles. The van der Waals surface area contributed by atoms with Crippen molar-refractivity contribution in [2.75, 3.05) is 210 Å². The number of hydrogen-bond donors (Lipinski definition) is 18. The van der Waals surface area contributed by atoms with E-state index in [2.05, 4.69) is 31.9 Å². The summed E-state index contributed by atoms with van der Waals surface area (Å²) in [6.07, 6.45) is -20.4. The van der Waals surface area contributed by atoms with Gasteiger partial charge in [-0.05, 0) is 144 Å². The molecule has 0 radical (unpaired) electrons. The average molecular weight is 1860 g/mol. The fourth-order valence-electron chi connectivity index (χ4n) is 12.9. The number of amides is 6. The molecule has 132 heavy (non-hydrogen) atoms. The van der Waals surface area contributed by atoms with Crippen LogP contribution in [-0.4, -0.2) is 350 Å². The first-order valence-electron chi connectivity index (χ1n) is 43.0.